The van der Waals surface area contributed by atoms with Gasteiger partial charge in [0.15, 0.2) is 0 Å². The highest BCUT2D eigenvalue weighted by Crippen LogP contribution is 2.18. The first kappa shape index (κ1) is 18.2. The van der Waals surface area contributed by atoms with E-state index >= 15 is 0 Å². The van der Waals surface area contributed by atoms with Gasteiger partial charge >= 0.3 is 0 Å². The summed E-state index contributed by atoms with van der Waals surface area (Å²) in [5.74, 6) is 1.87. The molecule has 3 heteroatoms. The fourth-order valence-corrected chi connectivity index (χ4v) is 2.49. The van der Waals surface area contributed by atoms with Gasteiger partial charge in [-0.05, 0) is 37.1 Å². The molecule has 0 aliphatic heterocycles. The van der Waals surface area contributed by atoms with Gasteiger partial charge in [0.1, 0.15) is 18.1 Å². The van der Waals surface area contributed by atoms with Crippen LogP contribution in [0.5, 0.6) is 11.5 Å². The van der Waals surface area contributed by atoms with E-state index in [4.69, 9.17) is 9.47 Å². The lowest BCUT2D eigenvalue weighted by Crippen LogP contribution is -2.12. The Labute approximate surface area is 146 Å². The summed E-state index contributed by atoms with van der Waals surface area (Å²) in [7, 11) is 0. The first-order valence-corrected chi connectivity index (χ1v) is 8.94. The molecule has 0 fully saturated rings. The van der Waals surface area contributed by atoms with Gasteiger partial charge in [-0.15, -0.1) is 0 Å². The van der Waals surface area contributed by atoms with Crippen LogP contribution in [0.25, 0.3) is 0 Å². The van der Waals surface area contributed by atoms with Crippen LogP contribution in [-0.2, 0) is 0 Å². The van der Waals surface area contributed by atoms with E-state index in [-0.39, 0.29) is 0 Å². The van der Waals surface area contributed by atoms with E-state index in [1.807, 2.05) is 36.4 Å². The minimum absolute atomic E-state index is 0.632. The van der Waals surface area contributed by atoms with Gasteiger partial charge in [0.2, 0.25) is 0 Å². The minimum atomic E-state index is 0.632. The molecule has 1 N–H and O–H groups in total. The minimum Gasteiger partial charge on any atom is -0.494 e. The maximum Gasteiger partial charge on any atom is 0.122 e. The lowest BCUT2D eigenvalue weighted by Gasteiger charge is -2.12. The first-order valence-electron chi connectivity index (χ1n) is 8.94. The average Bonchev–Trinajstić information content (AvgIpc) is 2.60. The smallest absolute Gasteiger partial charge is 0.122 e. The fourth-order valence-electron chi connectivity index (χ4n) is 2.49. The summed E-state index contributed by atoms with van der Waals surface area (Å²) in [6, 6.07) is 16.2. The summed E-state index contributed by atoms with van der Waals surface area (Å²) in [6.07, 6.45) is 4.90. The van der Waals surface area contributed by atoms with Crippen molar-refractivity contribution in [3.05, 3.63) is 54.1 Å². The molecule has 0 saturated heterocycles. The van der Waals surface area contributed by atoms with E-state index in [1.165, 1.54) is 19.3 Å². The number of aryl methyl sites for hydroxylation is 1. The number of anilines is 1. The zero-order valence-corrected chi connectivity index (χ0v) is 14.9. The van der Waals surface area contributed by atoms with Crippen molar-refractivity contribution >= 4 is 5.69 Å². The number of hydrogen-bond acceptors (Lipinski definition) is 3. The van der Waals surface area contributed by atoms with Crippen molar-refractivity contribution in [3.63, 3.8) is 0 Å². The third-order valence-corrected chi connectivity index (χ3v) is 3.88. The molecule has 0 aliphatic carbocycles. The molecule has 0 spiro atoms. The van der Waals surface area contributed by atoms with Gasteiger partial charge in [-0.3, -0.25) is 0 Å². The SMILES string of the molecule is CCCCCCOc1cccc(NCCOc2ccccc2C)c1. The van der Waals surface area contributed by atoms with Gasteiger partial charge in [0, 0.05) is 18.3 Å². The molecule has 0 heterocycles. The highest BCUT2D eigenvalue weighted by Gasteiger charge is 1.99. The molecule has 0 bridgehead atoms. The van der Waals surface area contributed by atoms with E-state index in [1.54, 1.807) is 0 Å². The summed E-state index contributed by atoms with van der Waals surface area (Å²) in [4.78, 5) is 0. The lowest BCUT2D eigenvalue weighted by molar-refractivity contribution is 0.305. The zero-order valence-electron chi connectivity index (χ0n) is 14.9. The molecular formula is C21H29NO2. The van der Waals surface area contributed by atoms with Gasteiger partial charge in [-0.2, -0.15) is 0 Å². The number of nitrogens with one attached hydrogen (secondary N) is 1. The molecule has 3 nitrogen and oxygen atoms in total. The molecule has 0 aromatic heterocycles. The zero-order chi connectivity index (χ0) is 17.0. The predicted molar refractivity (Wildman–Crippen MR) is 101 cm³/mol. The molecule has 0 saturated carbocycles. The Kier molecular flexibility index (Phi) is 8.02. The van der Waals surface area contributed by atoms with Crippen LogP contribution in [0.1, 0.15) is 38.2 Å². The predicted octanol–water partition coefficient (Wildman–Crippen LogP) is 5.45. The Balaban J connectivity index is 1.69. The summed E-state index contributed by atoms with van der Waals surface area (Å²) in [6.45, 7) is 6.46. The highest BCUT2D eigenvalue weighted by molar-refractivity contribution is 5.48. The van der Waals surface area contributed by atoms with Gasteiger partial charge in [0.05, 0.1) is 6.61 Å². The Hall–Kier alpha value is -2.16. The van der Waals surface area contributed by atoms with Gasteiger partial charge in [-0.1, -0.05) is 50.5 Å². The quantitative estimate of drug-likeness (QED) is 0.557. The van der Waals surface area contributed by atoms with Crippen LogP contribution in [0.3, 0.4) is 0 Å². The Bertz CT molecular complexity index is 598. The molecule has 0 radical (unpaired) electrons. The summed E-state index contributed by atoms with van der Waals surface area (Å²) in [5, 5.41) is 3.38. The molecule has 0 atom stereocenters. The van der Waals surface area contributed by atoms with Crippen molar-refractivity contribution in [2.24, 2.45) is 0 Å². The highest BCUT2D eigenvalue weighted by atomic mass is 16.5. The standard InChI is InChI=1S/C21H29NO2/c1-3-4-5-8-15-23-20-12-9-11-19(17-20)22-14-16-24-21-13-7-6-10-18(21)2/h6-7,9-13,17,22H,3-5,8,14-16H2,1-2H3. The van der Waals surface area contributed by atoms with E-state index in [0.29, 0.717) is 6.61 Å². The van der Waals surface area contributed by atoms with E-state index < -0.39 is 0 Å². The van der Waals surface area contributed by atoms with Gasteiger partial charge in [-0.25, -0.2) is 0 Å². The third kappa shape index (κ3) is 6.53. The van der Waals surface area contributed by atoms with Crippen molar-refractivity contribution in [2.45, 2.75) is 39.5 Å². The van der Waals surface area contributed by atoms with Crippen LogP contribution < -0.4 is 14.8 Å². The van der Waals surface area contributed by atoms with Crippen LogP contribution in [0.2, 0.25) is 0 Å². The van der Waals surface area contributed by atoms with Crippen LogP contribution in [0.15, 0.2) is 48.5 Å². The Morgan fingerprint density at radius 3 is 2.58 bits per heavy atom. The Morgan fingerprint density at radius 1 is 0.875 bits per heavy atom. The molecule has 0 amide bonds. The summed E-state index contributed by atoms with van der Waals surface area (Å²) >= 11 is 0. The van der Waals surface area contributed by atoms with Gasteiger partial charge < -0.3 is 14.8 Å². The lowest BCUT2D eigenvalue weighted by atomic mass is 10.2. The van der Waals surface area contributed by atoms with Crippen molar-refractivity contribution < 1.29 is 9.47 Å². The van der Waals surface area contributed by atoms with E-state index in [0.717, 1.165) is 42.3 Å². The normalized spacial score (nSPS) is 10.4. The summed E-state index contributed by atoms with van der Waals surface area (Å²) in [5.41, 5.74) is 2.23. The largest absolute Gasteiger partial charge is 0.494 e. The second-order valence-electron chi connectivity index (χ2n) is 5.98. The monoisotopic (exact) mass is 327 g/mol. The molecule has 2 rings (SSSR count). The average molecular weight is 327 g/mol. The number of hydrogen-bond donors (Lipinski definition) is 1. The van der Waals surface area contributed by atoms with E-state index in [9.17, 15) is 0 Å². The number of unbranched alkanes of at least 4 members (excludes halogenated alkanes) is 3. The number of ether oxygens (including phenoxy) is 2. The number of rotatable bonds is 11. The number of benzene rings is 2. The third-order valence-electron chi connectivity index (χ3n) is 3.88. The van der Waals surface area contributed by atoms with Gasteiger partial charge in [0.25, 0.3) is 0 Å². The van der Waals surface area contributed by atoms with E-state index in [2.05, 4.69) is 31.3 Å². The molecule has 24 heavy (non-hydrogen) atoms. The van der Waals surface area contributed by atoms with Crippen LogP contribution in [-0.4, -0.2) is 19.8 Å². The maximum atomic E-state index is 5.81. The fraction of sp³-hybridized carbons (Fsp3) is 0.429. The van der Waals surface area contributed by atoms with Crippen LogP contribution >= 0.6 is 0 Å². The molecule has 2 aromatic rings. The topological polar surface area (TPSA) is 30.5 Å². The van der Waals surface area contributed by atoms with Crippen molar-refractivity contribution in [2.75, 3.05) is 25.1 Å². The second-order valence-corrected chi connectivity index (χ2v) is 5.98. The first-order chi connectivity index (χ1) is 11.8. The molecule has 130 valence electrons. The molecule has 0 aliphatic rings. The van der Waals surface area contributed by atoms with Crippen molar-refractivity contribution in [1.29, 1.82) is 0 Å². The molecule has 2 aromatic carbocycles. The molecular weight excluding hydrogens is 298 g/mol. The number of para-hydroxylation sites is 1. The molecule has 0 unspecified atom stereocenters. The van der Waals surface area contributed by atoms with Crippen molar-refractivity contribution in [3.8, 4) is 11.5 Å². The second kappa shape index (κ2) is 10.6. The van der Waals surface area contributed by atoms with Crippen molar-refractivity contribution in [1.82, 2.24) is 0 Å². The van der Waals surface area contributed by atoms with Crippen LogP contribution in [0.4, 0.5) is 5.69 Å². The Morgan fingerprint density at radius 2 is 1.75 bits per heavy atom. The maximum absolute atomic E-state index is 5.81. The van der Waals surface area contributed by atoms with Crippen LogP contribution in [0, 0.1) is 6.92 Å². The summed E-state index contributed by atoms with van der Waals surface area (Å²) < 4.78 is 11.6.